The Kier molecular flexibility index (Phi) is 2.88. The molecule has 0 aliphatic carbocycles. The van der Waals surface area contributed by atoms with Gasteiger partial charge in [-0.25, -0.2) is 14.8 Å². The van der Waals surface area contributed by atoms with E-state index >= 15 is 0 Å². The van der Waals surface area contributed by atoms with E-state index in [9.17, 15) is 4.79 Å². The molecular formula is C9H11N3O. The highest BCUT2D eigenvalue weighted by atomic mass is 16.1. The molecule has 0 aliphatic heterocycles. The molecule has 0 spiro atoms. The first-order valence-electron chi connectivity index (χ1n) is 4.06. The van der Waals surface area contributed by atoms with E-state index < -0.39 is 0 Å². The average molecular weight is 177 g/mol. The SMILES string of the molecule is Cc1ncc(N=C=O)c(C(C)C)n1. The van der Waals surface area contributed by atoms with E-state index in [1.54, 1.807) is 13.1 Å². The van der Waals surface area contributed by atoms with E-state index in [2.05, 4.69) is 15.0 Å². The van der Waals surface area contributed by atoms with Gasteiger partial charge in [0.2, 0.25) is 6.08 Å². The summed E-state index contributed by atoms with van der Waals surface area (Å²) in [5.74, 6) is 0.919. The Morgan fingerprint density at radius 3 is 2.77 bits per heavy atom. The third-order valence-corrected chi connectivity index (χ3v) is 1.63. The summed E-state index contributed by atoms with van der Waals surface area (Å²) in [4.78, 5) is 21.8. The van der Waals surface area contributed by atoms with E-state index in [-0.39, 0.29) is 5.92 Å². The molecule has 0 saturated carbocycles. The van der Waals surface area contributed by atoms with Crippen LogP contribution in [0.4, 0.5) is 5.69 Å². The van der Waals surface area contributed by atoms with Crippen LogP contribution < -0.4 is 0 Å². The lowest BCUT2D eigenvalue weighted by molar-refractivity contribution is 0.565. The van der Waals surface area contributed by atoms with Crippen LogP contribution in [0.2, 0.25) is 0 Å². The minimum Gasteiger partial charge on any atom is -0.239 e. The van der Waals surface area contributed by atoms with Crippen molar-refractivity contribution in [2.24, 2.45) is 4.99 Å². The van der Waals surface area contributed by atoms with Crippen molar-refractivity contribution in [2.45, 2.75) is 26.7 Å². The highest BCUT2D eigenvalue weighted by Gasteiger charge is 2.08. The number of rotatable bonds is 2. The molecule has 0 N–H and O–H groups in total. The predicted molar refractivity (Wildman–Crippen MR) is 48.6 cm³/mol. The molecule has 0 bridgehead atoms. The van der Waals surface area contributed by atoms with Gasteiger partial charge in [-0.2, -0.15) is 4.99 Å². The van der Waals surface area contributed by atoms with Crippen LogP contribution in [0.25, 0.3) is 0 Å². The standard InChI is InChI=1S/C9H11N3O/c1-6(2)9-8(11-5-13)4-10-7(3)12-9/h4,6H,1-3H3. The van der Waals surface area contributed by atoms with Crippen LogP contribution in [0.15, 0.2) is 11.2 Å². The van der Waals surface area contributed by atoms with Crippen molar-refractivity contribution in [1.29, 1.82) is 0 Å². The van der Waals surface area contributed by atoms with Crippen molar-refractivity contribution in [2.75, 3.05) is 0 Å². The molecule has 4 heteroatoms. The van der Waals surface area contributed by atoms with Crippen LogP contribution >= 0.6 is 0 Å². The Balaban J connectivity index is 3.26. The van der Waals surface area contributed by atoms with Crippen LogP contribution in [0, 0.1) is 6.92 Å². The highest BCUT2D eigenvalue weighted by Crippen LogP contribution is 2.22. The molecule has 0 aliphatic rings. The molecule has 1 aromatic rings. The second kappa shape index (κ2) is 3.92. The summed E-state index contributed by atoms with van der Waals surface area (Å²) in [6.07, 6.45) is 3.04. The van der Waals surface area contributed by atoms with E-state index in [0.29, 0.717) is 11.5 Å². The lowest BCUT2D eigenvalue weighted by Crippen LogP contribution is -1.97. The molecule has 1 aromatic heterocycles. The zero-order valence-corrected chi connectivity index (χ0v) is 7.90. The summed E-state index contributed by atoms with van der Waals surface area (Å²) < 4.78 is 0. The van der Waals surface area contributed by atoms with E-state index in [4.69, 9.17) is 0 Å². The topological polar surface area (TPSA) is 55.2 Å². The van der Waals surface area contributed by atoms with Crippen molar-refractivity contribution in [3.8, 4) is 0 Å². The molecule has 0 amide bonds. The lowest BCUT2D eigenvalue weighted by atomic mass is 10.1. The van der Waals surface area contributed by atoms with Crippen molar-refractivity contribution in [3.05, 3.63) is 17.7 Å². The van der Waals surface area contributed by atoms with Crippen molar-refractivity contribution in [1.82, 2.24) is 9.97 Å². The lowest BCUT2D eigenvalue weighted by Gasteiger charge is -2.06. The molecule has 4 nitrogen and oxygen atoms in total. The first kappa shape index (κ1) is 9.55. The Labute approximate surface area is 76.8 Å². The Hall–Kier alpha value is -1.54. The van der Waals surface area contributed by atoms with Crippen LogP contribution in [0.5, 0.6) is 0 Å². The van der Waals surface area contributed by atoms with E-state index in [1.807, 2.05) is 13.8 Å². The molecule has 0 aromatic carbocycles. The number of aliphatic imine (C=N–C) groups is 1. The number of hydrogen-bond donors (Lipinski definition) is 0. The largest absolute Gasteiger partial charge is 0.240 e. The summed E-state index contributed by atoms with van der Waals surface area (Å²) in [7, 11) is 0. The van der Waals surface area contributed by atoms with Crippen LogP contribution in [-0.4, -0.2) is 16.0 Å². The van der Waals surface area contributed by atoms with Gasteiger partial charge in [-0.05, 0) is 12.8 Å². The number of carbonyl (C=O) groups excluding carboxylic acids is 1. The van der Waals surface area contributed by atoms with Gasteiger partial charge in [0.1, 0.15) is 11.5 Å². The van der Waals surface area contributed by atoms with Gasteiger partial charge in [0.15, 0.2) is 0 Å². The zero-order valence-electron chi connectivity index (χ0n) is 7.90. The molecule has 0 atom stereocenters. The monoisotopic (exact) mass is 177 g/mol. The van der Waals surface area contributed by atoms with Crippen molar-refractivity contribution in [3.63, 3.8) is 0 Å². The van der Waals surface area contributed by atoms with Gasteiger partial charge >= 0.3 is 0 Å². The highest BCUT2D eigenvalue weighted by molar-refractivity contribution is 5.50. The Bertz CT molecular complexity index is 354. The second-order valence-electron chi connectivity index (χ2n) is 3.05. The molecule has 68 valence electrons. The number of isocyanates is 1. The fraction of sp³-hybridized carbons (Fsp3) is 0.444. The minimum atomic E-state index is 0.230. The van der Waals surface area contributed by atoms with Gasteiger partial charge < -0.3 is 0 Å². The molecule has 0 saturated heterocycles. The van der Waals surface area contributed by atoms with E-state index in [0.717, 1.165) is 5.69 Å². The molecule has 0 radical (unpaired) electrons. The maximum absolute atomic E-state index is 10.1. The summed E-state index contributed by atoms with van der Waals surface area (Å²) in [5.41, 5.74) is 1.30. The van der Waals surface area contributed by atoms with Gasteiger partial charge in [-0.1, -0.05) is 13.8 Å². The molecule has 0 unspecified atom stereocenters. The number of aryl methyl sites for hydroxylation is 1. The summed E-state index contributed by atoms with van der Waals surface area (Å²) in [6, 6.07) is 0. The van der Waals surface area contributed by atoms with Crippen molar-refractivity contribution >= 4 is 11.8 Å². The predicted octanol–water partition coefficient (Wildman–Crippen LogP) is 1.88. The maximum Gasteiger partial charge on any atom is 0.240 e. The van der Waals surface area contributed by atoms with Crippen molar-refractivity contribution < 1.29 is 4.79 Å². The fourth-order valence-electron chi connectivity index (χ4n) is 1.04. The van der Waals surface area contributed by atoms with Crippen LogP contribution in [-0.2, 0) is 4.79 Å². The summed E-state index contributed by atoms with van der Waals surface area (Å²) >= 11 is 0. The number of aromatic nitrogens is 2. The molecule has 13 heavy (non-hydrogen) atoms. The molecular weight excluding hydrogens is 166 g/mol. The van der Waals surface area contributed by atoms with Gasteiger partial charge in [0.05, 0.1) is 11.9 Å². The molecule has 0 fully saturated rings. The molecule has 1 rings (SSSR count). The van der Waals surface area contributed by atoms with Gasteiger partial charge in [-0.15, -0.1) is 0 Å². The van der Waals surface area contributed by atoms with Gasteiger partial charge in [0.25, 0.3) is 0 Å². The first-order valence-corrected chi connectivity index (χ1v) is 4.06. The first-order chi connectivity index (χ1) is 6.15. The number of nitrogens with zero attached hydrogens (tertiary/aromatic N) is 3. The average Bonchev–Trinajstić information content (AvgIpc) is 2.08. The van der Waals surface area contributed by atoms with E-state index in [1.165, 1.54) is 6.08 Å². The third kappa shape index (κ3) is 2.20. The quantitative estimate of drug-likeness (QED) is 0.512. The Morgan fingerprint density at radius 2 is 2.23 bits per heavy atom. The second-order valence-corrected chi connectivity index (χ2v) is 3.05. The normalized spacial score (nSPS) is 9.85. The third-order valence-electron chi connectivity index (χ3n) is 1.63. The fourth-order valence-corrected chi connectivity index (χ4v) is 1.04. The van der Waals surface area contributed by atoms with Crippen LogP contribution in [0.1, 0.15) is 31.3 Å². The zero-order chi connectivity index (χ0) is 9.84. The summed E-state index contributed by atoms with van der Waals surface area (Å²) in [5, 5.41) is 0. The van der Waals surface area contributed by atoms with Gasteiger partial charge in [-0.3, -0.25) is 0 Å². The minimum absolute atomic E-state index is 0.230. The smallest absolute Gasteiger partial charge is 0.239 e. The van der Waals surface area contributed by atoms with Gasteiger partial charge in [0, 0.05) is 0 Å². The summed E-state index contributed by atoms with van der Waals surface area (Å²) in [6.45, 7) is 5.79. The molecule has 1 heterocycles. The Morgan fingerprint density at radius 1 is 1.54 bits per heavy atom. The maximum atomic E-state index is 10.1. The number of hydrogen-bond acceptors (Lipinski definition) is 4. The van der Waals surface area contributed by atoms with Crippen LogP contribution in [0.3, 0.4) is 0 Å².